The fourth-order valence-corrected chi connectivity index (χ4v) is 4.81. The van der Waals surface area contributed by atoms with Crippen LogP contribution in [0.4, 0.5) is 5.69 Å². The van der Waals surface area contributed by atoms with E-state index in [-0.39, 0.29) is 0 Å². The number of rotatable bonds is 4. The average Bonchev–Trinajstić information content (AvgIpc) is 3.13. The molecule has 0 aromatic heterocycles. The highest BCUT2D eigenvalue weighted by Crippen LogP contribution is 2.48. The van der Waals surface area contributed by atoms with E-state index in [1.807, 2.05) is 0 Å². The van der Waals surface area contributed by atoms with Crippen LogP contribution in [0.5, 0.6) is 0 Å². The highest BCUT2D eigenvalue weighted by Gasteiger charge is 2.39. The van der Waals surface area contributed by atoms with Crippen LogP contribution in [0.1, 0.15) is 36.8 Å². The Bertz CT molecular complexity index is 496. The molecule has 2 fully saturated rings. The summed E-state index contributed by atoms with van der Waals surface area (Å²) in [5.74, 6) is 3.10. The maximum Gasteiger partial charge on any atom is 0.0376 e. The van der Waals surface area contributed by atoms with Crippen molar-refractivity contribution in [3.63, 3.8) is 0 Å². The summed E-state index contributed by atoms with van der Waals surface area (Å²) >= 11 is 0. The Labute approximate surface area is 122 Å². The lowest BCUT2D eigenvalue weighted by Gasteiger charge is -2.27. The first-order valence-corrected chi connectivity index (χ1v) is 8.32. The Morgan fingerprint density at radius 3 is 3.00 bits per heavy atom. The zero-order valence-electron chi connectivity index (χ0n) is 12.6. The van der Waals surface area contributed by atoms with E-state index in [9.17, 15) is 0 Å². The van der Waals surface area contributed by atoms with Gasteiger partial charge < -0.3 is 10.2 Å². The van der Waals surface area contributed by atoms with Gasteiger partial charge in [-0.15, -0.1) is 0 Å². The quantitative estimate of drug-likeness (QED) is 0.900. The molecule has 1 aliphatic heterocycles. The van der Waals surface area contributed by atoms with Crippen molar-refractivity contribution in [1.82, 2.24) is 4.90 Å². The van der Waals surface area contributed by atoms with Gasteiger partial charge in [-0.25, -0.2) is 0 Å². The van der Waals surface area contributed by atoms with Crippen LogP contribution in [-0.4, -0.2) is 25.0 Å². The van der Waals surface area contributed by atoms with Crippen LogP contribution < -0.4 is 5.32 Å². The standard InChI is InChI=1S/C18H26N2/c1-20(12-17-9-13-2-5-16(17)8-13)11-14-3-4-15-6-7-19-18(15)10-14/h3-4,10,13,16-17,19H,2,5-9,11-12H2,1H3. The predicted octanol–water partition coefficient (Wildman–Crippen LogP) is 3.52. The molecular weight excluding hydrogens is 244 g/mol. The van der Waals surface area contributed by atoms with Crippen LogP contribution >= 0.6 is 0 Å². The molecule has 1 aromatic carbocycles. The second-order valence-electron chi connectivity index (χ2n) is 7.30. The van der Waals surface area contributed by atoms with Crippen molar-refractivity contribution < 1.29 is 0 Å². The first kappa shape index (κ1) is 12.7. The third-order valence-electron chi connectivity index (χ3n) is 5.77. The normalized spacial score (nSPS) is 30.8. The molecular formula is C18H26N2. The van der Waals surface area contributed by atoms with E-state index in [1.54, 1.807) is 0 Å². The van der Waals surface area contributed by atoms with Gasteiger partial charge in [0.05, 0.1) is 0 Å². The molecule has 4 rings (SSSR count). The molecule has 1 heterocycles. The number of hydrogen-bond donors (Lipinski definition) is 1. The Kier molecular flexibility index (Phi) is 3.22. The van der Waals surface area contributed by atoms with E-state index in [0.29, 0.717) is 0 Å². The number of benzene rings is 1. The molecule has 2 heteroatoms. The van der Waals surface area contributed by atoms with Crippen molar-refractivity contribution in [3.8, 4) is 0 Å². The van der Waals surface area contributed by atoms with Gasteiger partial charge in [-0.2, -0.15) is 0 Å². The zero-order chi connectivity index (χ0) is 13.5. The Balaban J connectivity index is 1.36. The lowest BCUT2D eigenvalue weighted by molar-refractivity contribution is 0.214. The second kappa shape index (κ2) is 5.07. The van der Waals surface area contributed by atoms with E-state index >= 15 is 0 Å². The average molecular weight is 270 g/mol. The molecule has 108 valence electrons. The van der Waals surface area contributed by atoms with E-state index in [0.717, 1.165) is 30.8 Å². The number of fused-ring (bicyclic) bond motifs is 3. The first-order chi connectivity index (χ1) is 9.78. The summed E-state index contributed by atoms with van der Waals surface area (Å²) in [6.07, 6.45) is 7.24. The highest BCUT2D eigenvalue weighted by molar-refractivity contribution is 5.56. The first-order valence-electron chi connectivity index (χ1n) is 8.32. The van der Waals surface area contributed by atoms with Gasteiger partial charge in [-0.1, -0.05) is 18.6 Å². The number of anilines is 1. The molecule has 0 radical (unpaired) electrons. The number of hydrogen-bond acceptors (Lipinski definition) is 2. The fourth-order valence-electron chi connectivity index (χ4n) is 4.81. The van der Waals surface area contributed by atoms with Crippen LogP contribution in [0.2, 0.25) is 0 Å². The molecule has 2 aliphatic carbocycles. The fraction of sp³-hybridized carbons (Fsp3) is 0.667. The van der Waals surface area contributed by atoms with Gasteiger partial charge in [0.2, 0.25) is 0 Å². The summed E-state index contributed by atoms with van der Waals surface area (Å²) in [6.45, 7) is 3.51. The van der Waals surface area contributed by atoms with Gasteiger partial charge in [0.1, 0.15) is 0 Å². The molecule has 0 spiro atoms. The summed E-state index contributed by atoms with van der Waals surface area (Å²) in [4.78, 5) is 2.54. The van der Waals surface area contributed by atoms with Crippen molar-refractivity contribution in [2.45, 2.75) is 38.6 Å². The van der Waals surface area contributed by atoms with E-state index in [1.165, 1.54) is 55.5 Å². The van der Waals surface area contributed by atoms with Crippen molar-refractivity contribution in [1.29, 1.82) is 0 Å². The van der Waals surface area contributed by atoms with Crippen LogP contribution in [0.15, 0.2) is 18.2 Å². The monoisotopic (exact) mass is 270 g/mol. The van der Waals surface area contributed by atoms with Crippen LogP contribution in [0.3, 0.4) is 0 Å². The lowest BCUT2D eigenvalue weighted by atomic mass is 9.88. The van der Waals surface area contributed by atoms with Gasteiger partial charge in [-0.3, -0.25) is 0 Å². The molecule has 1 N–H and O–H groups in total. The molecule has 2 bridgehead atoms. The molecule has 3 aliphatic rings. The SMILES string of the molecule is CN(Cc1ccc2c(c1)NCC2)CC1CC2CCC1C2. The Morgan fingerprint density at radius 2 is 2.20 bits per heavy atom. The third-order valence-corrected chi connectivity index (χ3v) is 5.77. The Hall–Kier alpha value is -1.02. The van der Waals surface area contributed by atoms with Gasteiger partial charge >= 0.3 is 0 Å². The molecule has 0 amide bonds. The number of nitrogens with zero attached hydrogens (tertiary/aromatic N) is 1. The molecule has 0 saturated heterocycles. The summed E-state index contributed by atoms with van der Waals surface area (Å²) in [7, 11) is 2.30. The summed E-state index contributed by atoms with van der Waals surface area (Å²) in [5, 5.41) is 3.49. The summed E-state index contributed by atoms with van der Waals surface area (Å²) in [6, 6.07) is 7.00. The van der Waals surface area contributed by atoms with E-state index in [4.69, 9.17) is 0 Å². The topological polar surface area (TPSA) is 15.3 Å². The van der Waals surface area contributed by atoms with Crippen molar-refractivity contribution in [2.24, 2.45) is 17.8 Å². The maximum atomic E-state index is 3.49. The minimum absolute atomic E-state index is 0.978. The van der Waals surface area contributed by atoms with Crippen molar-refractivity contribution in [2.75, 3.05) is 25.5 Å². The number of nitrogens with one attached hydrogen (secondary N) is 1. The van der Waals surface area contributed by atoms with Gasteiger partial charge in [-0.05, 0) is 67.7 Å². The predicted molar refractivity (Wildman–Crippen MR) is 83.9 cm³/mol. The molecule has 3 unspecified atom stereocenters. The van der Waals surface area contributed by atoms with E-state index in [2.05, 4.69) is 35.5 Å². The second-order valence-corrected chi connectivity index (χ2v) is 7.30. The van der Waals surface area contributed by atoms with Gasteiger partial charge in [0.25, 0.3) is 0 Å². The molecule has 1 aromatic rings. The minimum Gasteiger partial charge on any atom is -0.384 e. The van der Waals surface area contributed by atoms with Crippen molar-refractivity contribution in [3.05, 3.63) is 29.3 Å². The van der Waals surface area contributed by atoms with Crippen LogP contribution in [0, 0.1) is 17.8 Å². The molecule has 2 saturated carbocycles. The minimum atomic E-state index is 0.978. The molecule has 20 heavy (non-hydrogen) atoms. The maximum absolute atomic E-state index is 3.49. The van der Waals surface area contributed by atoms with Crippen molar-refractivity contribution >= 4 is 5.69 Å². The highest BCUT2D eigenvalue weighted by atomic mass is 15.1. The van der Waals surface area contributed by atoms with Crippen LogP contribution in [0.25, 0.3) is 0 Å². The largest absolute Gasteiger partial charge is 0.384 e. The third kappa shape index (κ3) is 2.35. The van der Waals surface area contributed by atoms with E-state index < -0.39 is 0 Å². The van der Waals surface area contributed by atoms with Gasteiger partial charge in [0.15, 0.2) is 0 Å². The van der Waals surface area contributed by atoms with Crippen LogP contribution in [-0.2, 0) is 13.0 Å². The smallest absolute Gasteiger partial charge is 0.0376 e. The summed E-state index contributed by atoms with van der Waals surface area (Å²) < 4.78 is 0. The zero-order valence-corrected chi connectivity index (χ0v) is 12.6. The Morgan fingerprint density at radius 1 is 1.25 bits per heavy atom. The summed E-state index contributed by atoms with van der Waals surface area (Å²) in [5.41, 5.74) is 4.32. The lowest BCUT2D eigenvalue weighted by Crippen LogP contribution is -2.28. The molecule has 2 nitrogen and oxygen atoms in total. The van der Waals surface area contributed by atoms with Gasteiger partial charge in [0, 0.05) is 25.3 Å². The molecule has 3 atom stereocenters.